The van der Waals surface area contributed by atoms with E-state index in [4.69, 9.17) is 4.74 Å². The van der Waals surface area contributed by atoms with Gasteiger partial charge in [0.15, 0.2) is 0 Å². The quantitative estimate of drug-likeness (QED) is 0.643. The van der Waals surface area contributed by atoms with Gasteiger partial charge in [0.1, 0.15) is 0 Å². The first kappa shape index (κ1) is 15.2. The molecular formula is C16H27NO. The van der Waals surface area contributed by atoms with Gasteiger partial charge in [-0.25, -0.2) is 0 Å². The van der Waals surface area contributed by atoms with Gasteiger partial charge in [-0.2, -0.15) is 0 Å². The molecule has 0 bridgehead atoms. The number of benzene rings is 1. The average Bonchev–Trinajstić information content (AvgIpc) is 2.42. The molecular weight excluding hydrogens is 222 g/mol. The van der Waals surface area contributed by atoms with Crippen molar-refractivity contribution in [1.29, 1.82) is 0 Å². The van der Waals surface area contributed by atoms with Gasteiger partial charge in [-0.05, 0) is 43.4 Å². The van der Waals surface area contributed by atoms with Crippen LogP contribution in [-0.2, 0) is 17.6 Å². The second-order valence-electron chi connectivity index (χ2n) is 4.72. The van der Waals surface area contributed by atoms with E-state index in [-0.39, 0.29) is 0 Å². The average molecular weight is 249 g/mol. The molecule has 0 radical (unpaired) electrons. The molecule has 2 nitrogen and oxygen atoms in total. The first-order valence-electron chi connectivity index (χ1n) is 7.14. The van der Waals surface area contributed by atoms with Crippen molar-refractivity contribution in [3.63, 3.8) is 0 Å². The minimum atomic E-state index is 0.809. The van der Waals surface area contributed by atoms with E-state index < -0.39 is 0 Å². The first-order valence-corrected chi connectivity index (χ1v) is 7.14. The Morgan fingerprint density at radius 1 is 0.944 bits per heavy atom. The van der Waals surface area contributed by atoms with Gasteiger partial charge in [-0.15, -0.1) is 0 Å². The van der Waals surface area contributed by atoms with Crippen molar-refractivity contribution in [3.8, 4) is 0 Å². The number of rotatable bonds is 10. The summed E-state index contributed by atoms with van der Waals surface area (Å²) in [5.74, 6) is 0. The molecule has 18 heavy (non-hydrogen) atoms. The number of methoxy groups -OCH3 is 1. The summed E-state index contributed by atoms with van der Waals surface area (Å²) in [4.78, 5) is 0. The fourth-order valence-corrected chi connectivity index (χ4v) is 2.00. The SMILES string of the molecule is CCc1ccc(CCCCCNCCOC)cc1. The molecule has 0 unspecified atom stereocenters. The number of unbranched alkanes of at least 4 members (excludes halogenated alkanes) is 2. The van der Waals surface area contributed by atoms with Gasteiger partial charge in [0, 0.05) is 13.7 Å². The highest BCUT2D eigenvalue weighted by atomic mass is 16.5. The molecule has 0 aliphatic rings. The van der Waals surface area contributed by atoms with E-state index in [0.29, 0.717) is 0 Å². The summed E-state index contributed by atoms with van der Waals surface area (Å²) in [6.07, 6.45) is 6.19. The van der Waals surface area contributed by atoms with E-state index in [2.05, 4.69) is 36.5 Å². The normalized spacial score (nSPS) is 10.8. The maximum Gasteiger partial charge on any atom is 0.0587 e. The molecule has 1 aromatic rings. The van der Waals surface area contributed by atoms with E-state index in [1.54, 1.807) is 7.11 Å². The van der Waals surface area contributed by atoms with Crippen LogP contribution >= 0.6 is 0 Å². The predicted molar refractivity (Wildman–Crippen MR) is 78.1 cm³/mol. The highest BCUT2D eigenvalue weighted by molar-refractivity contribution is 5.22. The van der Waals surface area contributed by atoms with Crippen LogP contribution in [0.15, 0.2) is 24.3 Å². The fraction of sp³-hybridized carbons (Fsp3) is 0.625. The van der Waals surface area contributed by atoms with Crippen LogP contribution in [0, 0.1) is 0 Å². The molecule has 0 fully saturated rings. The van der Waals surface area contributed by atoms with Crippen LogP contribution in [0.5, 0.6) is 0 Å². The Bertz CT molecular complexity index is 294. The summed E-state index contributed by atoms with van der Waals surface area (Å²) >= 11 is 0. The molecule has 0 aromatic heterocycles. The van der Waals surface area contributed by atoms with E-state index in [0.717, 1.165) is 26.1 Å². The molecule has 0 atom stereocenters. The number of hydrogen-bond acceptors (Lipinski definition) is 2. The zero-order valence-corrected chi connectivity index (χ0v) is 11.9. The summed E-state index contributed by atoms with van der Waals surface area (Å²) in [6, 6.07) is 9.05. The fourth-order valence-electron chi connectivity index (χ4n) is 2.00. The van der Waals surface area contributed by atoms with Crippen molar-refractivity contribution in [2.24, 2.45) is 0 Å². The van der Waals surface area contributed by atoms with Crippen molar-refractivity contribution in [2.75, 3.05) is 26.8 Å². The highest BCUT2D eigenvalue weighted by Gasteiger charge is 1.95. The van der Waals surface area contributed by atoms with E-state index in [9.17, 15) is 0 Å². The second kappa shape index (κ2) is 10.1. The Morgan fingerprint density at radius 3 is 2.33 bits per heavy atom. The Hall–Kier alpha value is -0.860. The summed E-state index contributed by atoms with van der Waals surface area (Å²) in [7, 11) is 1.74. The van der Waals surface area contributed by atoms with Crippen LogP contribution in [0.25, 0.3) is 0 Å². The molecule has 2 heteroatoms. The minimum Gasteiger partial charge on any atom is -0.383 e. The standard InChI is InChI=1S/C16H27NO/c1-3-15-8-10-16(11-9-15)7-5-4-6-12-17-13-14-18-2/h8-11,17H,3-7,12-14H2,1-2H3. The highest BCUT2D eigenvalue weighted by Crippen LogP contribution is 2.09. The molecule has 0 aliphatic heterocycles. The Balaban J connectivity index is 2.00. The largest absolute Gasteiger partial charge is 0.383 e. The van der Waals surface area contributed by atoms with E-state index in [1.807, 2.05) is 0 Å². The van der Waals surface area contributed by atoms with Crippen LogP contribution in [0.3, 0.4) is 0 Å². The third-order valence-corrected chi connectivity index (χ3v) is 3.23. The van der Waals surface area contributed by atoms with Crippen LogP contribution in [0.2, 0.25) is 0 Å². The zero-order valence-electron chi connectivity index (χ0n) is 11.9. The van der Waals surface area contributed by atoms with Crippen molar-refractivity contribution in [2.45, 2.75) is 39.0 Å². The predicted octanol–water partition coefficient (Wildman–Crippen LogP) is 3.20. The maximum atomic E-state index is 4.98. The van der Waals surface area contributed by atoms with Crippen molar-refractivity contribution in [1.82, 2.24) is 5.32 Å². The van der Waals surface area contributed by atoms with Gasteiger partial charge >= 0.3 is 0 Å². The second-order valence-corrected chi connectivity index (χ2v) is 4.72. The van der Waals surface area contributed by atoms with Crippen molar-refractivity contribution >= 4 is 0 Å². The van der Waals surface area contributed by atoms with Gasteiger partial charge in [-0.1, -0.05) is 37.6 Å². The summed E-state index contributed by atoms with van der Waals surface area (Å²) < 4.78 is 4.98. The minimum absolute atomic E-state index is 0.809. The smallest absolute Gasteiger partial charge is 0.0587 e. The topological polar surface area (TPSA) is 21.3 Å². The first-order chi connectivity index (χ1) is 8.86. The van der Waals surface area contributed by atoms with Crippen LogP contribution in [0.1, 0.15) is 37.3 Å². The lowest BCUT2D eigenvalue weighted by atomic mass is 10.0. The van der Waals surface area contributed by atoms with Gasteiger partial charge in [0.25, 0.3) is 0 Å². The number of nitrogens with one attached hydrogen (secondary N) is 1. The molecule has 0 heterocycles. The summed E-state index contributed by atoms with van der Waals surface area (Å²) in [5, 5.41) is 3.38. The van der Waals surface area contributed by atoms with Gasteiger partial charge < -0.3 is 10.1 Å². The van der Waals surface area contributed by atoms with E-state index >= 15 is 0 Å². The molecule has 1 rings (SSSR count). The number of aryl methyl sites for hydroxylation is 2. The van der Waals surface area contributed by atoms with Crippen molar-refractivity contribution in [3.05, 3.63) is 35.4 Å². The summed E-state index contributed by atoms with van der Waals surface area (Å²) in [5.41, 5.74) is 2.90. The van der Waals surface area contributed by atoms with Crippen LogP contribution in [-0.4, -0.2) is 26.8 Å². The Labute approximate surface area is 112 Å². The number of hydrogen-bond donors (Lipinski definition) is 1. The monoisotopic (exact) mass is 249 g/mol. The van der Waals surface area contributed by atoms with Gasteiger partial charge in [0.05, 0.1) is 6.61 Å². The molecule has 0 saturated carbocycles. The molecule has 102 valence electrons. The van der Waals surface area contributed by atoms with Gasteiger partial charge in [0.2, 0.25) is 0 Å². The molecule has 0 amide bonds. The molecule has 1 aromatic carbocycles. The lowest BCUT2D eigenvalue weighted by Gasteiger charge is -2.05. The summed E-state index contributed by atoms with van der Waals surface area (Å²) in [6.45, 7) is 5.09. The van der Waals surface area contributed by atoms with E-state index in [1.165, 1.54) is 36.8 Å². The van der Waals surface area contributed by atoms with Gasteiger partial charge in [-0.3, -0.25) is 0 Å². The zero-order chi connectivity index (χ0) is 13.1. The van der Waals surface area contributed by atoms with Crippen LogP contribution in [0.4, 0.5) is 0 Å². The van der Waals surface area contributed by atoms with Crippen LogP contribution < -0.4 is 5.32 Å². The lowest BCUT2D eigenvalue weighted by Crippen LogP contribution is -2.20. The Kier molecular flexibility index (Phi) is 8.53. The third kappa shape index (κ3) is 6.77. The molecule has 1 N–H and O–H groups in total. The molecule has 0 spiro atoms. The Morgan fingerprint density at radius 2 is 1.67 bits per heavy atom. The van der Waals surface area contributed by atoms with Crippen molar-refractivity contribution < 1.29 is 4.74 Å². The third-order valence-electron chi connectivity index (χ3n) is 3.23. The lowest BCUT2D eigenvalue weighted by molar-refractivity contribution is 0.199. The molecule has 0 aliphatic carbocycles. The number of ether oxygens (including phenoxy) is 1. The maximum absolute atomic E-state index is 4.98. The molecule has 0 saturated heterocycles.